The van der Waals surface area contributed by atoms with Crippen molar-refractivity contribution in [1.82, 2.24) is 4.90 Å². The van der Waals surface area contributed by atoms with E-state index >= 15 is 0 Å². The molecule has 14 heavy (non-hydrogen) atoms. The van der Waals surface area contributed by atoms with Crippen molar-refractivity contribution in [2.24, 2.45) is 5.41 Å². The number of amides is 1. The van der Waals surface area contributed by atoms with Gasteiger partial charge in [0.1, 0.15) is 6.04 Å². The molecule has 0 saturated carbocycles. The fraction of sp³-hybridized carbons (Fsp3) is 0.778. The van der Waals surface area contributed by atoms with Gasteiger partial charge in [0.2, 0.25) is 5.91 Å². The number of β-lactam (4-membered cyclic amide) rings is 1. The maximum absolute atomic E-state index is 11.3. The van der Waals surface area contributed by atoms with Crippen LogP contribution in [0.2, 0.25) is 6.32 Å². The van der Waals surface area contributed by atoms with Crippen molar-refractivity contribution < 1.29 is 14.7 Å². The Morgan fingerprint density at radius 3 is 2.86 bits per heavy atom. The third-order valence-electron chi connectivity index (χ3n) is 3.43. The number of carboxylic acids is 1. The number of carboxylic acid groups (broad SMARTS) is 1. The second kappa shape index (κ2) is 2.75. The van der Waals surface area contributed by atoms with Gasteiger partial charge in [-0.2, -0.15) is 0 Å². The number of aliphatic carboxylic acids is 1. The van der Waals surface area contributed by atoms with Crippen LogP contribution in [-0.4, -0.2) is 41.8 Å². The van der Waals surface area contributed by atoms with Crippen LogP contribution in [0.15, 0.2) is 0 Å². The topological polar surface area (TPSA) is 57.6 Å². The van der Waals surface area contributed by atoms with Crippen molar-refractivity contribution in [3.05, 3.63) is 0 Å². The molecule has 2 saturated heterocycles. The Hall–Kier alpha value is -0.995. The minimum atomic E-state index is -0.937. The van der Waals surface area contributed by atoms with Gasteiger partial charge in [-0.3, -0.25) is 4.79 Å². The van der Waals surface area contributed by atoms with Gasteiger partial charge in [-0.25, -0.2) is 4.79 Å². The maximum atomic E-state index is 11.3. The van der Waals surface area contributed by atoms with Gasteiger partial charge in [-0.05, 0) is 11.8 Å². The number of hydrogen-bond acceptors (Lipinski definition) is 2. The highest BCUT2D eigenvalue weighted by molar-refractivity contribution is 6.09. The summed E-state index contributed by atoms with van der Waals surface area (Å²) in [4.78, 5) is 23.8. The minimum Gasteiger partial charge on any atom is -0.480 e. The smallest absolute Gasteiger partial charge is 0.326 e. The Bertz CT molecular complexity index is 306. The normalized spacial score (nSPS) is 40.6. The number of nitrogens with zero attached hydrogens (tertiary/aromatic N) is 1. The molecular formula is C9H12BNO3. The number of rotatable bonds is 2. The van der Waals surface area contributed by atoms with Crippen LogP contribution in [0.4, 0.5) is 0 Å². The Morgan fingerprint density at radius 1 is 1.79 bits per heavy atom. The molecule has 74 valence electrons. The first kappa shape index (κ1) is 9.56. The molecular weight excluding hydrogens is 181 g/mol. The van der Waals surface area contributed by atoms with E-state index in [0.717, 1.165) is 0 Å². The minimum absolute atomic E-state index is 0.0559. The third-order valence-corrected chi connectivity index (χ3v) is 3.43. The van der Waals surface area contributed by atoms with Gasteiger partial charge >= 0.3 is 5.97 Å². The SMILES string of the molecule is [B]CC1(C)C[C@@H]2CC(=O)N2C1C(=O)O. The summed E-state index contributed by atoms with van der Waals surface area (Å²) < 4.78 is 0. The van der Waals surface area contributed by atoms with Gasteiger partial charge in [-0.15, -0.1) is 0 Å². The number of carbonyl (C=O) groups excluding carboxylic acids is 1. The molecule has 2 heterocycles. The molecule has 2 rings (SSSR count). The van der Waals surface area contributed by atoms with Crippen LogP contribution < -0.4 is 0 Å². The van der Waals surface area contributed by atoms with Crippen molar-refractivity contribution in [2.45, 2.75) is 38.2 Å². The molecule has 2 radical (unpaired) electrons. The van der Waals surface area contributed by atoms with Gasteiger partial charge in [0.15, 0.2) is 0 Å². The van der Waals surface area contributed by atoms with Gasteiger partial charge in [0, 0.05) is 12.5 Å². The molecule has 1 amide bonds. The molecule has 2 aliphatic rings. The highest BCUT2D eigenvalue weighted by atomic mass is 16.4. The predicted octanol–water partition coefficient (Wildman–Crippen LogP) is 0.0373. The highest BCUT2D eigenvalue weighted by Crippen LogP contribution is 2.48. The fourth-order valence-electron chi connectivity index (χ4n) is 2.62. The molecule has 0 spiro atoms. The maximum Gasteiger partial charge on any atom is 0.326 e. The molecule has 2 aliphatic heterocycles. The first-order chi connectivity index (χ1) is 6.49. The average molecular weight is 193 g/mol. The quantitative estimate of drug-likeness (QED) is 0.497. The second-order valence-corrected chi connectivity index (χ2v) is 4.46. The molecule has 3 atom stereocenters. The van der Waals surface area contributed by atoms with Gasteiger partial charge < -0.3 is 10.0 Å². The monoisotopic (exact) mass is 193 g/mol. The number of carbonyl (C=O) groups is 2. The number of fused-ring (bicyclic) bond motifs is 1. The molecule has 4 nitrogen and oxygen atoms in total. The van der Waals surface area contributed by atoms with Crippen LogP contribution in [0.3, 0.4) is 0 Å². The Labute approximate surface area is 83.7 Å². The molecule has 1 N–H and O–H groups in total. The van der Waals surface area contributed by atoms with E-state index in [1.165, 1.54) is 4.90 Å². The van der Waals surface area contributed by atoms with E-state index in [1.807, 2.05) is 6.92 Å². The lowest BCUT2D eigenvalue weighted by atomic mass is 9.71. The standard InChI is InChI=1S/C9H12BNO3/c1-9(4-10)3-5-2-6(12)11(5)7(9)8(13)14/h5,7H,2-4H2,1H3,(H,13,14)/t5-,7?,9?/m0/s1. The lowest BCUT2D eigenvalue weighted by Gasteiger charge is -2.38. The lowest BCUT2D eigenvalue weighted by Crippen LogP contribution is -2.56. The van der Waals surface area contributed by atoms with E-state index in [-0.39, 0.29) is 11.9 Å². The summed E-state index contributed by atoms with van der Waals surface area (Å²) in [5, 5.41) is 9.07. The Morgan fingerprint density at radius 2 is 2.43 bits per heavy atom. The van der Waals surface area contributed by atoms with E-state index in [9.17, 15) is 9.59 Å². The molecule has 5 heteroatoms. The predicted molar refractivity (Wildman–Crippen MR) is 50.0 cm³/mol. The average Bonchev–Trinajstić information content (AvgIpc) is 2.35. The van der Waals surface area contributed by atoms with Crippen LogP contribution >= 0.6 is 0 Å². The van der Waals surface area contributed by atoms with E-state index in [0.29, 0.717) is 19.2 Å². The Kier molecular flexibility index (Phi) is 1.88. The molecule has 0 aromatic rings. The zero-order valence-corrected chi connectivity index (χ0v) is 8.06. The zero-order chi connectivity index (χ0) is 10.5. The van der Waals surface area contributed by atoms with E-state index < -0.39 is 17.4 Å². The van der Waals surface area contributed by atoms with Crippen molar-refractivity contribution in [1.29, 1.82) is 0 Å². The molecule has 0 aromatic heterocycles. The molecule has 2 fully saturated rings. The molecule has 0 bridgehead atoms. The zero-order valence-electron chi connectivity index (χ0n) is 8.06. The largest absolute Gasteiger partial charge is 0.480 e. The van der Waals surface area contributed by atoms with Crippen LogP contribution in [-0.2, 0) is 9.59 Å². The molecule has 0 aromatic carbocycles. The van der Waals surface area contributed by atoms with Crippen molar-refractivity contribution in [2.75, 3.05) is 0 Å². The first-order valence-electron chi connectivity index (χ1n) is 4.73. The summed E-state index contributed by atoms with van der Waals surface area (Å²) in [5.74, 6) is -0.993. The van der Waals surface area contributed by atoms with Crippen molar-refractivity contribution in [3.63, 3.8) is 0 Å². The Balaban J connectivity index is 2.31. The van der Waals surface area contributed by atoms with Crippen molar-refractivity contribution >= 4 is 19.7 Å². The first-order valence-corrected chi connectivity index (χ1v) is 4.73. The lowest BCUT2D eigenvalue weighted by molar-refractivity contribution is -0.158. The van der Waals surface area contributed by atoms with Crippen LogP contribution in [0, 0.1) is 5.41 Å². The van der Waals surface area contributed by atoms with Crippen molar-refractivity contribution in [3.8, 4) is 0 Å². The fourth-order valence-corrected chi connectivity index (χ4v) is 2.62. The second-order valence-electron chi connectivity index (χ2n) is 4.46. The number of hydrogen-bond donors (Lipinski definition) is 1. The summed E-state index contributed by atoms with van der Waals surface area (Å²) in [7, 11) is 5.59. The summed E-state index contributed by atoms with van der Waals surface area (Å²) in [6.07, 6.45) is 1.51. The van der Waals surface area contributed by atoms with E-state index in [1.54, 1.807) is 0 Å². The van der Waals surface area contributed by atoms with Gasteiger partial charge in [-0.1, -0.05) is 13.2 Å². The van der Waals surface area contributed by atoms with E-state index in [4.69, 9.17) is 13.0 Å². The van der Waals surface area contributed by atoms with Crippen LogP contribution in [0.5, 0.6) is 0 Å². The molecule has 2 unspecified atom stereocenters. The third kappa shape index (κ3) is 1.01. The van der Waals surface area contributed by atoms with Gasteiger partial charge in [0.05, 0.1) is 7.85 Å². The summed E-state index contributed by atoms with van der Waals surface area (Å²) in [5.41, 5.74) is -0.456. The highest BCUT2D eigenvalue weighted by Gasteiger charge is 2.58. The summed E-state index contributed by atoms with van der Waals surface area (Å²) in [6.45, 7) is 1.84. The van der Waals surface area contributed by atoms with Crippen LogP contribution in [0.1, 0.15) is 19.8 Å². The van der Waals surface area contributed by atoms with E-state index in [2.05, 4.69) is 0 Å². The summed E-state index contributed by atoms with van der Waals surface area (Å²) >= 11 is 0. The van der Waals surface area contributed by atoms with Crippen LogP contribution in [0.25, 0.3) is 0 Å². The summed E-state index contributed by atoms with van der Waals surface area (Å²) in [6, 6.07) is -0.615. The van der Waals surface area contributed by atoms with Gasteiger partial charge in [0.25, 0.3) is 0 Å². The molecule has 0 aliphatic carbocycles.